The number of ether oxygens (including phenoxy) is 1. The summed E-state index contributed by atoms with van der Waals surface area (Å²) in [5, 5.41) is 16.0. The SMILES string of the molecule is O=C(O)Cc1nonc1CN1CCOCC1. The molecule has 1 aromatic heterocycles. The van der Waals surface area contributed by atoms with Gasteiger partial charge >= 0.3 is 5.97 Å². The van der Waals surface area contributed by atoms with Gasteiger partial charge in [-0.2, -0.15) is 0 Å². The number of aromatic nitrogens is 2. The van der Waals surface area contributed by atoms with Gasteiger partial charge in [-0.05, 0) is 0 Å². The molecule has 0 amide bonds. The fourth-order valence-electron chi connectivity index (χ4n) is 1.59. The summed E-state index contributed by atoms with van der Waals surface area (Å²) < 4.78 is 9.79. The van der Waals surface area contributed by atoms with E-state index in [9.17, 15) is 4.79 Å². The van der Waals surface area contributed by atoms with Gasteiger partial charge in [0.25, 0.3) is 0 Å². The second-order valence-corrected chi connectivity index (χ2v) is 3.62. The van der Waals surface area contributed by atoms with E-state index in [0.29, 0.717) is 31.1 Å². The average molecular weight is 227 g/mol. The second kappa shape index (κ2) is 5.04. The number of carboxylic acids is 1. The molecule has 1 aliphatic heterocycles. The Morgan fingerprint density at radius 3 is 2.69 bits per heavy atom. The standard InChI is InChI=1S/C9H13N3O4/c13-9(14)5-7-8(11-16-10-7)6-12-1-3-15-4-2-12/h1-6H2,(H,13,14). The predicted molar refractivity (Wildman–Crippen MR) is 51.7 cm³/mol. The molecule has 0 atom stereocenters. The molecule has 0 spiro atoms. The molecule has 0 unspecified atom stereocenters. The van der Waals surface area contributed by atoms with Gasteiger partial charge in [0.05, 0.1) is 19.6 Å². The molecule has 0 radical (unpaired) electrons. The molecule has 1 aliphatic rings. The van der Waals surface area contributed by atoms with E-state index in [-0.39, 0.29) is 6.42 Å². The molecule has 16 heavy (non-hydrogen) atoms. The topological polar surface area (TPSA) is 88.7 Å². The predicted octanol–water partition coefficient (Wildman–Crippen LogP) is -0.471. The van der Waals surface area contributed by atoms with Gasteiger partial charge in [0, 0.05) is 19.6 Å². The van der Waals surface area contributed by atoms with Crippen LogP contribution in [0.1, 0.15) is 11.4 Å². The highest BCUT2D eigenvalue weighted by Gasteiger charge is 2.18. The fourth-order valence-corrected chi connectivity index (χ4v) is 1.59. The first-order valence-corrected chi connectivity index (χ1v) is 5.08. The van der Waals surface area contributed by atoms with Crippen molar-refractivity contribution < 1.29 is 19.3 Å². The number of carbonyl (C=O) groups is 1. The summed E-state index contributed by atoms with van der Waals surface area (Å²) >= 11 is 0. The van der Waals surface area contributed by atoms with E-state index >= 15 is 0 Å². The molecule has 0 bridgehead atoms. The molecule has 1 N–H and O–H groups in total. The number of carboxylic acid groups (broad SMARTS) is 1. The Hall–Kier alpha value is -1.47. The van der Waals surface area contributed by atoms with Gasteiger partial charge in [-0.3, -0.25) is 9.69 Å². The average Bonchev–Trinajstić information content (AvgIpc) is 2.66. The van der Waals surface area contributed by atoms with Crippen molar-refractivity contribution >= 4 is 5.97 Å². The van der Waals surface area contributed by atoms with Gasteiger partial charge < -0.3 is 9.84 Å². The van der Waals surface area contributed by atoms with Gasteiger partial charge in [0.15, 0.2) is 0 Å². The molecule has 7 nitrogen and oxygen atoms in total. The zero-order valence-electron chi connectivity index (χ0n) is 8.76. The molecule has 0 aliphatic carbocycles. The summed E-state index contributed by atoms with van der Waals surface area (Å²) in [5.74, 6) is -0.932. The normalized spacial score (nSPS) is 17.5. The maximum Gasteiger partial charge on any atom is 0.309 e. The van der Waals surface area contributed by atoms with Gasteiger partial charge in [-0.15, -0.1) is 0 Å². The minimum absolute atomic E-state index is 0.150. The highest BCUT2D eigenvalue weighted by atomic mass is 16.6. The Kier molecular flexibility index (Phi) is 3.47. The van der Waals surface area contributed by atoms with Crippen molar-refractivity contribution in [2.45, 2.75) is 13.0 Å². The molecule has 88 valence electrons. The Bertz CT molecular complexity index is 359. The third kappa shape index (κ3) is 2.77. The number of rotatable bonds is 4. The van der Waals surface area contributed by atoms with Crippen molar-refractivity contribution in [1.29, 1.82) is 0 Å². The maximum atomic E-state index is 10.6. The molecule has 1 fully saturated rings. The molecule has 7 heteroatoms. The van der Waals surface area contributed by atoms with Crippen molar-refractivity contribution in [2.75, 3.05) is 26.3 Å². The first kappa shape index (κ1) is 11.0. The second-order valence-electron chi connectivity index (χ2n) is 3.62. The maximum absolute atomic E-state index is 10.6. The number of morpholine rings is 1. The molecular formula is C9H13N3O4. The summed E-state index contributed by atoms with van der Waals surface area (Å²) in [6, 6.07) is 0. The summed E-state index contributed by atoms with van der Waals surface area (Å²) in [6.45, 7) is 3.59. The monoisotopic (exact) mass is 227 g/mol. The minimum atomic E-state index is -0.932. The Morgan fingerprint density at radius 2 is 2.00 bits per heavy atom. The van der Waals surface area contributed by atoms with E-state index in [0.717, 1.165) is 13.1 Å². The molecule has 2 rings (SSSR count). The third-order valence-electron chi connectivity index (χ3n) is 2.43. The number of hydrogen-bond acceptors (Lipinski definition) is 6. The number of aliphatic carboxylic acids is 1. The Balaban J connectivity index is 1.97. The van der Waals surface area contributed by atoms with Gasteiger partial charge in [-0.1, -0.05) is 10.3 Å². The lowest BCUT2D eigenvalue weighted by molar-refractivity contribution is -0.136. The first-order chi connectivity index (χ1) is 7.75. The molecule has 2 heterocycles. The number of hydrogen-bond donors (Lipinski definition) is 1. The van der Waals surface area contributed by atoms with Crippen molar-refractivity contribution in [3.63, 3.8) is 0 Å². The van der Waals surface area contributed by atoms with E-state index in [1.807, 2.05) is 0 Å². The number of nitrogens with zero attached hydrogens (tertiary/aromatic N) is 3. The van der Waals surface area contributed by atoms with Crippen LogP contribution in [0.5, 0.6) is 0 Å². The van der Waals surface area contributed by atoms with Crippen LogP contribution < -0.4 is 0 Å². The third-order valence-corrected chi connectivity index (χ3v) is 2.43. The van der Waals surface area contributed by atoms with Gasteiger partial charge in [0.1, 0.15) is 11.4 Å². The highest BCUT2D eigenvalue weighted by Crippen LogP contribution is 2.09. The minimum Gasteiger partial charge on any atom is -0.481 e. The van der Waals surface area contributed by atoms with Crippen LogP contribution in [0.25, 0.3) is 0 Å². The van der Waals surface area contributed by atoms with Crippen LogP contribution in [0, 0.1) is 0 Å². The molecule has 0 aromatic carbocycles. The summed E-state index contributed by atoms with van der Waals surface area (Å²) in [6.07, 6.45) is -0.150. The van der Waals surface area contributed by atoms with Crippen molar-refractivity contribution in [2.24, 2.45) is 0 Å². The van der Waals surface area contributed by atoms with Crippen LogP contribution >= 0.6 is 0 Å². The van der Waals surface area contributed by atoms with Crippen LogP contribution in [0.2, 0.25) is 0 Å². The lowest BCUT2D eigenvalue weighted by Crippen LogP contribution is -2.36. The van der Waals surface area contributed by atoms with Crippen LogP contribution in [0.4, 0.5) is 0 Å². The Labute approximate surface area is 91.9 Å². The van der Waals surface area contributed by atoms with E-state index in [2.05, 4.69) is 19.8 Å². The van der Waals surface area contributed by atoms with Crippen LogP contribution in [-0.2, 0) is 22.5 Å². The summed E-state index contributed by atoms with van der Waals surface area (Å²) in [4.78, 5) is 12.7. The van der Waals surface area contributed by atoms with Crippen molar-refractivity contribution in [1.82, 2.24) is 15.2 Å². The van der Waals surface area contributed by atoms with E-state index in [4.69, 9.17) is 9.84 Å². The van der Waals surface area contributed by atoms with Crippen molar-refractivity contribution in [3.05, 3.63) is 11.4 Å². The van der Waals surface area contributed by atoms with Crippen LogP contribution in [0.15, 0.2) is 4.63 Å². The quantitative estimate of drug-likeness (QED) is 0.743. The van der Waals surface area contributed by atoms with Gasteiger partial charge in [-0.25, -0.2) is 4.63 Å². The lowest BCUT2D eigenvalue weighted by atomic mass is 10.2. The van der Waals surface area contributed by atoms with E-state index in [1.54, 1.807) is 0 Å². The summed E-state index contributed by atoms with van der Waals surface area (Å²) in [7, 11) is 0. The largest absolute Gasteiger partial charge is 0.481 e. The zero-order chi connectivity index (χ0) is 11.4. The highest BCUT2D eigenvalue weighted by molar-refractivity contribution is 5.69. The zero-order valence-corrected chi connectivity index (χ0v) is 8.76. The first-order valence-electron chi connectivity index (χ1n) is 5.08. The Morgan fingerprint density at radius 1 is 1.31 bits per heavy atom. The van der Waals surface area contributed by atoms with Crippen molar-refractivity contribution in [3.8, 4) is 0 Å². The van der Waals surface area contributed by atoms with E-state index < -0.39 is 5.97 Å². The smallest absolute Gasteiger partial charge is 0.309 e. The molecule has 1 aromatic rings. The van der Waals surface area contributed by atoms with E-state index in [1.165, 1.54) is 0 Å². The van der Waals surface area contributed by atoms with Gasteiger partial charge in [0.2, 0.25) is 0 Å². The molecule has 1 saturated heterocycles. The summed E-state index contributed by atoms with van der Waals surface area (Å²) in [5.41, 5.74) is 1.00. The fraction of sp³-hybridized carbons (Fsp3) is 0.667. The lowest BCUT2D eigenvalue weighted by Gasteiger charge is -2.25. The van der Waals surface area contributed by atoms with Crippen LogP contribution in [0.3, 0.4) is 0 Å². The van der Waals surface area contributed by atoms with Crippen LogP contribution in [-0.4, -0.2) is 52.6 Å². The molecule has 0 saturated carbocycles. The molecular weight excluding hydrogens is 214 g/mol.